The molecule has 0 bridgehead atoms. The van der Waals surface area contributed by atoms with Crippen LogP contribution in [0.25, 0.3) is 5.69 Å². The van der Waals surface area contributed by atoms with Crippen LogP contribution < -0.4 is 4.74 Å². The van der Waals surface area contributed by atoms with E-state index < -0.39 is 11.9 Å². The average molecular weight is 373 g/mol. The molecule has 1 N–H and O–H groups in total. The van der Waals surface area contributed by atoms with E-state index in [1.807, 2.05) is 30.3 Å². The first kappa shape index (κ1) is 18.9. The second-order valence-electron chi connectivity index (χ2n) is 6.39. The monoisotopic (exact) mass is 373 g/mol. The molecule has 1 atom stereocenters. The second-order valence-corrected chi connectivity index (χ2v) is 6.39. The van der Waals surface area contributed by atoms with Gasteiger partial charge in [0.2, 0.25) is 0 Å². The highest BCUT2D eigenvalue weighted by molar-refractivity contribution is 5.95. The number of piperidine rings is 1. The molecule has 0 radical (unpaired) electrons. The molecule has 1 aromatic carbocycles. The van der Waals surface area contributed by atoms with Crippen molar-refractivity contribution in [3.05, 3.63) is 42.2 Å². The number of carboxylic acids is 1. The number of aliphatic carboxylic acids is 1. The summed E-state index contributed by atoms with van der Waals surface area (Å²) in [7, 11) is 1.57. The third kappa shape index (κ3) is 4.46. The smallest absolute Gasteiger partial charge is 0.308 e. The maximum absolute atomic E-state index is 13.0. The molecule has 2 heterocycles. The molecule has 2 aromatic rings. The summed E-state index contributed by atoms with van der Waals surface area (Å²) in [5.41, 5.74) is 0.983. The first-order valence-electron chi connectivity index (χ1n) is 8.89. The average Bonchev–Trinajstić information content (AvgIpc) is 3.12. The topological polar surface area (TPSA) is 93.9 Å². The molecule has 1 saturated heterocycles. The van der Waals surface area contributed by atoms with E-state index in [9.17, 15) is 14.7 Å². The van der Waals surface area contributed by atoms with Crippen molar-refractivity contribution in [3.8, 4) is 11.4 Å². The lowest BCUT2D eigenvalue weighted by Crippen LogP contribution is -2.42. The van der Waals surface area contributed by atoms with Gasteiger partial charge in [-0.15, -0.1) is 0 Å². The summed E-state index contributed by atoms with van der Waals surface area (Å²) in [6, 6.07) is 9.41. The van der Waals surface area contributed by atoms with Gasteiger partial charge in [0.05, 0.1) is 24.4 Å². The third-order valence-electron chi connectivity index (χ3n) is 4.51. The molecule has 1 fully saturated rings. The van der Waals surface area contributed by atoms with Crippen LogP contribution in [0.4, 0.5) is 0 Å². The Hall–Kier alpha value is -2.87. The largest absolute Gasteiger partial charge is 0.487 e. The van der Waals surface area contributed by atoms with Gasteiger partial charge in [-0.2, -0.15) is 5.10 Å². The summed E-state index contributed by atoms with van der Waals surface area (Å²) in [5, 5.41) is 13.7. The van der Waals surface area contributed by atoms with Gasteiger partial charge in [0.15, 0.2) is 11.4 Å². The zero-order chi connectivity index (χ0) is 19.2. The maximum atomic E-state index is 13.0. The molecule has 1 unspecified atom stereocenters. The standard InChI is InChI=1S/C19H23N3O5/c1-26-10-11-27-16-13-22(15-7-3-2-4-8-15)20-17(16)18(23)21-9-5-6-14(12-21)19(24)25/h2-4,7-8,13-14H,5-6,9-12H2,1H3,(H,24,25). The van der Waals surface area contributed by atoms with Crippen molar-refractivity contribution in [2.75, 3.05) is 33.4 Å². The van der Waals surface area contributed by atoms with E-state index in [-0.39, 0.29) is 24.8 Å². The van der Waals surface area contributed by atoms with Crippen LogP contribution >= 0.6 is 0 Å². The van der Waals surface area contributed by atoms with Crippen LogP contribution in [-0.2, 0) is 9.53 Å². The Morgan fingerprint density at radius 1 is 1.26 bits per heavy atom. The molecule has 1 aliphatic rings. The quantitative estimate of drug-likeness (QED) is 0.744. The van der Waals surface area contributed by atoms with Gasteiger partial charge in [-0.05, 0) is 25.0 Å². The lowest BCUT2D eigenvalue weighted by molar-refractivity contribution is -0.143. The van der Waals surface area contributed by atoms with E-state index in [0.717, 1.165) is 5.69 Å². The van der Waals surface area contributed by atoms with E-state index in [1.54, 1.807) is 22.9 Å². The first-order chi connectivity index (χ1) is 13.1. The molecule has 0 aliphatic carbocycles. The number of carbonyl (C=O) groups excluding carboxylic acids is 1. The summed E-state index contributed by atoms with van der Waals surface area (Å²) in [5.74, 6) is -1.38. The third-order valence-corrected chi connectivity index (χ3v) is 4.51. The number of benzene rings is 1. The minimum Gasteiger partial charge on any atom is -0.487 e. The SMILES string of the molecule is COCCOc1cn(-c2ccccc2)nc1C(=O)N1CCCC(C(=O)O)C1. The summed E-state index contributed by atoms with van der Waals surface area (Å²) in [6.07, 6.45) is 2.90. The van der Waals surface area contributed by atoms with Crippen LogP contribution in [0, 0.1) is 5.92 Å². The number of ether oxygens (including phenoxy) is 2. The molecule has 8 nitrogen and oxygen atoms in total. The molecule has 27 heavy (non-hydrogen) atoms. The minimum absolute atomic E-state index is 0.181. The van der Waals surface area contributed by atoms with Crippen LogP contribution in [0.3, 0.4) is 0 Å². The maximum Gasteiger partial charge on any atom is 0.308 e. The number of carboxylic acid groups (broad SMARTS) is 1. The van der Waals surface area contributed by atoms with E-state index in [1.165, 1.54) is 0 Å². The molecule has 1 amide bonds. The Labute approximate surface area is 157 Å². The molecular weight excluding hydrogens is 350 g/mol. The number of likely N-dealkylation sites (tertiary alicyclic amines) is 1. The number of hydrogen-bond donors (Lipinski definition) is 1. The van der Waals surface area contributed by atoms with Crippen molar-refractivity contribution in [3.63, 3.8) is 0 Å². The van der Waals surface area contributed by atoms with Gasteiger partial charge in [0, 0.05) is 20.2 Å². The Bertz CT molecular complexity index is 790. The van der Waals surface area contributed by atoms with E-state index in [2.05, 4.69) is 5.10 Å². The van der Waals surface area contributed by atoms with Gasteiger partial charge < -0.3 is 19.5 Å². The molecule has 0 spiro atoms. The van der Waals surface area contributed by atoms with E-state index in [4.69, 9.17) is 9.47 Å². The van der Waals surface area contributed by atoms with Crippen LogP contribution in [0.2, 0.25) is 0 Å². The Balaban J connectivity index is 1.86. The highest BCUT2D eigenvalue weighted by Gasteiger charge is 2.31. The Kier molecular flexibility index (Phi) is 6.08. The zero-order valence-electron chi connectivity index (χ0n) is 15.2. The molecule has 1 aliphatic heterocycles. The fourth-order valence-electron chi connectivity index (χ4n) is 3.07. The highest BCUT2D eigenvalue weighted by atomic mass is 16.5. The molecule has 144 valence electrons. The van der Waals surface area contributed by atoms with Crippen molar-refractivity contribution in [2.24, 2.45) is 5.92 Å². The summed E-state index contributed by atoms with van der Waals surface area (Å²) < 4.78 is 12.3. The van der Waals surface area contributed by atoms with Gasteiger partial charge in [0.1, 0.15) is 6.61 Å². The summed E-state index contributed by atoms with van der Waals surface area (Å²) in [4.78, 5) is 25.8. The van der Waals surface area contributed by atoms with Gasteiger partial charge in [0.25, 0.3) is 5.91 Å². The van der Waals surface area contributed by atoms with E-state index >= 15 is 0 Å². The molecule has 8 heteroatoms. The zero-order valence-corrected chi connectivity index (χ0v) is 15.2. The Morgan fingerprint density at radius 3 is 2.74 bits per heavy atom. The number of amides is 1. The lowest BCUT2D eigenvalue weighted by atomic mass is 9.98. The fraction of sp³-hybridized carbons (Fsp3) is 0.421. The van der Waals surface area contributed by atoms with Gasteiger partial charge >= 0.3 is 5.97 Å². The predicted molar refractivity (Wildman–Crippen MR) is 97.2 cm³/mol. The molecule has 3 rings (SSSR count). The van der Waals surface area contributed by atoms with E-state index in [0.29, 0.717) is 31.7 Å². The second kappa shape index (κ2) is 8.68. The normalized spacial score (nSPS) is 16.9. The van der Waals surface area contributed by atoms with Crippen LogP contribution in [0.15, 0.2) is 36.5 Å². The minimum atomic E-state index is -0.876. The number of para-hydroxylation sites is 1. The first-order valence-corrected chi connectivity index (χ1v) is 8.89. The van der Waals surface area contributed by atoms with Crippen molar-refractivity contribution in [2.45, 2.75) is 12.8 Å². The number of carbonyl (C=O) groups is 2. The molecule has 1 aromatic heterocycles. The van der Waals surface area contributed by atoms with Gasteiger partial charge in [-0.3, -0.25) is 9.59 Å². The van der Waals surface area contributed by atoms with Crippen LogP contribution in [0.1, 0.15) is 23.3 Å². The number of aromatic nitrogens is 2. The molecule has 0 saturated carbocycles. The van der Waals surface area contributed by atoms with Crippen molar-refractivity contribution < 1.29 is 24.2 Å². The number of nitrogens with zero attached hydrogens (tertiary/aromatic N) is 3. The van der Waals surface area contributed by atoms with Gasteiger partial charge in [-0.25, -0.2) is 4.68 Å². The van der Waals surface area contributed by atoms with Crippen molar-refractivity contribution in [1.82, 2.24) is 14.7 Å². The van der Waals surface area contributed by atoms with Gasteiger partial charge in [-0.1, -0.05) is 18.2 Å². The summed E-state index contributed by atoms with van der Waals surface area (Å²) >= 11 is 0. The Morgan fingerprint density at radius 2 is 2.04 bits per heavy atom. The predicted octanol–water partition coefficient (Wildman–Crippen LogP) is 1.83. The number of hydrogen-bond acceptors (Lipinski definition) is 5. The fourth-order valence-corrected chi connectivity index (χ4v) is 3.07. The molecular formula is C19H23N3O5. The number of rotatable bonds is 7. The number of methoxy groups -OCH3 is 1. The van der Waals surface area contributed by atoms with Crippen LogP contribution in [0.5, 0.6) is 5.75 Å². The highest BCUT2D eigenvalue weighted by Crippen LogP contribution is 2.24. The van der Waals surface area contributed by atoms with Crippen molar-refractivity contribution in [1.29, 1.82) is 0 Å². The summed E-state index contributed by atoms with van der Waals surface area (Å²) in [6.45, 7) is 1.37. The van der Waals surface area contributed by atoms with Crippen molar-refractivity contribution >= 4 is 11.9 Å². The lowest BCUT2D eigenvalue weighted by Gasteiger charge is -2.30. The van der Waals surface area contributed by atoms with Crippen LogP contribution in [-0.4, -0.2) is 65.1 Å².